The molecule has 0 aliphatic rings. The van der Waals surface area contributed by atoms with Crippen LogP contribution in [0.2, 0.25) is 0 Å². The maximum Gasteiger partial charge on any atom is 0.178 e. The Morgan fingerprint density at radius 1 is 1.19 bits per heavy atom. The summed E-state index contributed by atoms with van der Waals surface area (Å²) in [5, 5.41) is 3.83. The lowest BCUT2D eigenvalue weighted by Crippen LogP contribution is -1.90. The van der Waals surface area contributed by atoms with Crippen LogP contribution in [0.1, 0.15) is 0 Å². The molecule has 0 amide bonds. The van der Waals surface area contributed by atoms with Gasteiger partial charge in [-0.15, -0.1) is 0 Å². The monoisotopic (exact) mass is 458 g/mol. The molecule has 1 aromatic heterocycles. The summed E-state index contributed by atoms with van der Waals surface area (Å²) in [6.45, 7) is 0. The van der Waals surface area contributed by atoms with E-state index in [-0.39, 0.29) is 11.6 Å². The van der Waals surface area contributed by atoms with E-state index in [1.165, 1.54) is 12.1 Å². The summed E-state index contributed by atoms with van der Waals surface area (Å²) < 4.78 is 20.8. The number of nitrogen functional groups attached to an aromatic ring is 1. The van der Waals surface area contributed by atoms with Gasteiger partial charge in [0.15, 0.2) is 11.6 Å². The van der Waals surface area contributed by atoms with Crippen molar-refractivity contribution in [2.45, 2.75) is 0 Å². The Hall–Kier alpha value is -1.41. The van der Waals surface area contributed by atoms with Gasteiger partial charge in [-0.3, -0.25) is 0 Å². The number of benzene rings is 2. The lowest BCUT2D eigenvalue weighted by atomic mass is 10.0. The number of hydrogen-bond acceptors (Lipinski definition) is 3. The maximum absolute atomic E-state index is 13.5. The van der Waals surface area contributed by atoms with Gasteiger partial charge in [0.05, 0.1) is 5.56 Å². The first-order chi connectivity index (χ1) is 10.1. The zero-order chi connectivity index (χ0) is 15.0. The first-order valence-corrected chi connectivity index (χ1v) is 7.90. The molecule has 2 aromatic carbocycles. The molecule has 0 bridgehead atoms. The SMILES string of the molecule is Nc1noc(-c2cc(Br)ccc2I)c1-c1cccc(F)c1. The van der Waals surface area contributed by atoms with Crippen molar-refractivity contribution in [3.05, 3.63) is 56.3 Å². The molecule has 106 valence electrons. The van der Waals surface area contributed by atoms with E-state index in [1.807, 2.05) is 18.2 Å². The van der Waals surface area contributed by atoms with Gasteiger partial charge in [-0.1, -0.05) is 33.2 Å². The molecule has 0 aliphatic heterocycles. The number of aromatic nitrogens is 1. The molecular formula is C15H9BrFIN2O. The van der Waals surface area contributed by atoms with Crippen molar-refractivity contribution in [3.63, 3.8) is 0 Å². The van der Waals surface area contributed by atoms with Gasteiger partial charge in [-0.05, 0) is 58.5 Å². The molecule has 3 rings (SSSR count). The minimum atomic E-state index is -0.331. The van der Waals surface area contributed by atoms with Crippen LogP contribution in [0.4, 0.5) is 10.2 Å². The van der Waals surface area contributed by atoms with Gasteiger partial charge in [0.1, 0.15) is 5.82 Å². The molecule has 0 saturated carbocycles. The van der Waals surface area contributed by atoms with Crippen molar-refractivity contribution in [1.29, 1.82) is 0 Å². The maximum atomic E-state index is 13.5. The lowest BCUT2D eigenvalue weighted by Gasteiger charge is -2.05. The normalized spacial score (nSPS) is 10.8. The molecule has 3 aromatic rings. The molecular weight excluding hydrogens is 450 g/mol. The third-order valence-corrected chi connectivity index (χ3v) is 4.44. The Bertz CT molecular complexity index is 819. The smallest absolute Gasteiger partial charge is 0.178 e. The van der Waals surface area contributed by atoms with Crippen LogP contribution in [0, 0.1) is 9.39 Å². The number of nitrogens with two attached hydrogens (primary N) is 1. The predicted octanol–water partition coefficient (Wildman–Crippen LogP) is 5.10. The Morgan fingerprint density at radius 3 is 2.76 bits per heavy atom. The zero-order valence-corrected chi connectivity index (χ0v) is 14.4. The van der Waals surface area contributed by atoms with Crippen molar-refractivity contribution < 1.29 is 8.91 Å². The van der Waals surface area contributed by atoms with E-state index in [9.17, 15) is 4.39 Å². The molecule has 21 heavy (non-hydrogen) atoms. The minimum absolute atomic E-state index is 0.242. The summed E-state index contributed by atoms with van der Waals surface area (Å²) in [4.78, 5) is 0. The third kappa shape index (κ3) is 2.82. The largest absolute Gasteiger partial charge is 0.380 e. The molecule has 0 fully saturated rings. The van der Waals surface area contributed by atoms with Gasteiger partial charge >= 0.3 is 0 Å². The quantitative estimate of drug-likeness (QED) is 0.543. The van der Waals surface area contributed by atoms with E-state index in [1.54, 1.807) is 12.1 Å². The fourth-order valence-corrected chi connectivity index (χ4v) is 3.02. The zero-order valence-electron chi connectivity index (χ0n) is 10.6. The average molecular weight is 459 g/mol. The Labute approximate surface area is 142 Å². The van der Waals surface area contributed by atoms with Crippen LogP contribution < -0.4 is 5.73 Å². The van der Waals surface area contributed by atoms with Gasteiger partial charge in [-0.2, -0.15) is 0 Å². The van der Waals surface area contributed by atoms with Crippen molar-refractivity contribution in [2.24, 2.45) is 0 Å². The molecule has 3 nitrogen and oxygen atoms in total. The first-order valence-electron chi connectivity index (χ1n) is 6.03. The van der Waals surface area contributed by atoms with Crippen molar-refractivity contribution in [2.75, 3.05) is 5.73 Å². The second-order valence-electron chi connectivity index (χ2n) is 4.41. The number of halogens is 3. The summed E-state index contributed by atoms with van der Waals surface area (Å²) in [5.41, 5.74) is 8.00. The second-order valence-corrected chi connectivity index (χ2v) is 6.48. The number of rotatable bonds is 2. The fraction of sp³-hybridized carbons (Fsp3) is 0. The highest BCUT2D eigenvalue weighted by atomic mass is 127. The highest BCUT2D eigenvalue weighted by Gasteiger charge is 2.20. The van der Waals surface area contributed by atoms with Crippen LogP contribution in [0.25, 0.3) is 22.5 Å². The summed E-state index contributed by atoms with van der Waals surface area (Å²) >= 11 is 5.65. The summed E-state index contributed by atoms with van der Waals surface area (Å²) in [7, 11) is 0. The number of nitrogens with zero attached hydrogens (tertiary/aromatic N) is 1. The predicted molar refractivity (Wildman–Crippen MR) is 92.2 cm³/mol. The van der Waals surface area contributed by atoms with E-state index in [0.717, 1.165) is 13.6 Å². The van der Waals surface area contributed by atoms with Gasteiger partial charge in [-0.25, -0.2) is 4.39 Å². The van der Waals surface area contributed by atoms with Crippen LogP contribution in [0.5, 0.6) is 0 Å². The molecule has 0 unspecified atom stereocenters. The van der Waals surface area contributed by atoms with E-state index in [0.29, 0.717) is 16.9 Å². The van der Waals surface area contributed by atoms with Crippen LogP contribution >= 0.6 is 38.5 Å². The standard InChI is InChI=1S/C15H9BrFIN2O/c16-9-4-5-12(18)11(7-9)14-13(15(19)20-21-14)8-2-1-3-10(17)6-8/h1-7H,(H2,19,20). The lowest BCUT2D eigenvalue weighted by molar-refractivity contribution is 0.436. The topological polar surface area (TPSA) is 52.0 Å². The molecule has 0 radical (unpaired) electrons. The summed E-state index contributed by atoms with van der Waals surface area (Å²) in [6, 6.07) is 12.0. The van der Waals surface area contributed by atoms with E-state index >= 15 is 0 Å². The first kappa shape index (κ1) is 14.5. The minimum Gasteiger partial charge on any atom is -0.380 e. The van der Waals surface area contributed by atoms with Crippen LogP contribution in [-0.2, 0) is 0 Å². The molecule has 2 N–H and O–H groups in total. The van der Waals surface area contributed by atoms with Crippen molar-refractivity contribution in [3.8, 4) is 22.5 Å². The molecule has 0 spiro atoms. The average Bonchev–Trinajstić information content (AvgIpc) is 2.83. The molecule has 0 aliphatic carbocycles. The fourth-order valence-electron chi connectivity index (χ4n) is 2.08. The molecule has 0 atom stereocenters. The van der Waals surface area contributed by atoms with Crippen molar-refractivity contribution >= 4 is 44.3 Å². The number of hydrogen-bond donors (Lipinski definition) is 1. The van der Waals surface area contributed by atoms with Gasteiger partial charge in [0, 0.05) is 13.6 Å². The van der Waals surface area contributed by atoms with E-state index in [4.69, 9.17) is 10.3 Å². The highest BCUT2D eigenvalue weighted by molar-refractivity contribution is 14.1. The highest BCUT2D eigenvalue weighted by Crippen LogP contribution is 2.39. The number of anilines is 1. The summed E-state index contributed by atoms with van der Waals surface area (Å²) in [5.74, 6) is 0.443. The Morgan fingerprint density at radius 2 is 2.00 bits per heavy atom. The Balaban J connectivity index is 2.24. The van der Waals surface area contributed by atoms with E-state index in [2.05, 4.69) is 43.7 Å². The van der Waals surface area contributed by atoms with Gasteiger partial charge in [0.25, 0.3) is 0 Å². The van der Waals surface area contributed by atoms with Gasteiger partial charge < -0.3 is 10.3 Å². The summed E-state index contributed by atoms with van der Waals surface area (Å²) in [6.07, 6.45) is 0. The van der Waals surface area contributed by atoms with Crippen LogP contribution in [0.3, 0.4) is 0 Å². The van der Waals surface area contributed by atoms with Gasteiger partial charge in [0.2, 0.25) is 0 Å². The molecule has 6 heteroatoms. The second kappa shape index (κ2) is 5.76. The molecule has 0 saturated heterocycles. The molecule has 1 heterocycles. The third-order valence-electron chi connectivity index (χ3n) is 3.00. The Kier molecular flexibility index (Phi) is 3.99. The van der Waals surface area contributed by atoms with Crippen LogP contribution in [-0.4, -0.2) is 5.16 Å². The van der Waals surface area contributed by atoms with E-state index < -0.39 is 0 Å². The van der Waals surface area contributed by atoms with Crippen LogP contribution in [0.15, 0.2) is 51.5 Å². The van der Waals surface area contributed by atoms with Crippen molar-refractivity contribution in [1.82, 2.24) is 5.16 Å².